The van der Waals surface area contributed by atoms with Gasteiger partial charge < -0.3 is 9.64 Å². The highest BCUT2D eigenvalue weighted by Gasteiger charge is 2.23. The molecule has 0 radical (unpaired) electrons. The summed E-state index contributed by atoms with van der Waals surface area (Å²) in [4.78, 5) is 12.8. The number of ether oxygens (including phenoxy) is 1. The van der Waals surface area contributed by atoms with Crippen molar-refractivity contribution in [3.63, 3.8) is 0 Å². The van der Waals surface area contributed by atoms with Crippen molar-refractivity contribution in [2.45, 2.75) is 23.9 Å². The van der Waals surface area contributed by atoms with Gasteiger partial charge in [-0.25, -0.2) is 9.18 Å². The van der Waals surface area contributed by atoms with Crippen LogP contribution in [0.4, 0.5) is 4.39 Å². The van der Waals surface area contributed by atoms with Crippen LogP contribution < -0.4 is 4.90 Å². The molecule has 2 aromatic carbocycles. The zero-order valence-corrected chi connectivity index (χ0v) is 17.7. The number of carbonyl (C=O) groups excluding carboxylic acids is 1. The Morgan fingerprint density at radius 2 is 1.79 bits per heavy atom. The molecule has 1 N–H and O–H groups in total. The van der Waals surface area contributed by atoms with Crippen molar-refractivity contribution in [1.82, 2.24) is 14.8 Å². The van der Waals surface area contributed by atoms with Gasteiger partial charge in [-0.3, -0.25) is 4.57 Å². The third-order valence-electron chi connectivity index (χ3n) is 4.74. The van der Waals surface area contributed by atoms with Gasteiger partial charge in [0.05, 0.1) is 26.8 Å². The molecule has 3 aromatic rings. The van der Waals surface area contributed by atoms with Gasteiger partial charge in [0, 0.05) is 11.4 Å². The highest BCUT2D eigenvalue weighted by atomic mass is 32.2. The molecule has 0 saturated carbocycles. The van der Waals surface area contributed by atoms with Gasteiger partial charge in [-0.05, 0) is 48.9 Å². The molecule has 1 aromatic heterocycles. The monoisotopic (exact) mass is 415 g/mol. The molecule has 0 unspecified atom stereocenters. The first-order valence-electron chi connectivity index (χ1n) is 9.22. The number of thioether (sulfide) groups is 1. The summed E-state index contributed by atoms with van der Waals surface area (Å²) in [5, 5.41) is 9.53. The fourth-order valence-corrected chi connectivity index (χ4v) is 3.66. The SMILES string of the molecule is COC(=O)c1ccc(CSc2nnc([C@H](C)[NH+](C)C)n2-c2ccc(F)cc2)cc1. The second-order valence-corrected chi connectivity index (χ2v) is 7.87. The highest BCUT2D eigenvalue weighted by molar-refractivity contribution is 7.98. The largest absolute Gasteiger partial charge is 0.465 e. The van der Waals surface area contributed by atoms with E-state index in [-0.39, 0.29) is 17.8 Å². The minimum atomic E-state index is -0.356. The molecule has 0 aliphatic rings. The lowest BCUT2D eigenvalue weighted by atomic mass is 10.1. The third kappa shape index (κ3) is 4.83. The van der Waals surface area contributed by atoms with E-state index in [1.54, 1.807) is 24.3 Å². The number of nitrogens with zero attached hydrogens (tertiary/aromatic N) is 3. The van der Waals surface area contributed by atoms with Crippen molar-refractivity contribution in [2.75, 3.05) is 21.2 Å². The first-order chi connectivity index (χ1) is 13.9. The number of esters is 1. The van der Waals surface area contributed by atoms with Gasteiger partial charge >= 0.3 is 5.97 Å². The molecule has 6 nitrogen and oxygen atoms in total. The number of quaternary nitrogens is 1. The molecule has 29 heavy (non-hydrogen) atoms. The van der Waals surface area contributed by atoms with Crippen molar-refractivity contribution >= 4 is 17.7 Å². The number of benzene rings is 2. The van der Waals surface area contributed by atoms with Crippen LogP contribution >= 0.6 is 11.8 Å². The third-order valence-corrected chi connectivity index (χ3v) is 5.74. The first-order valence-corrected chi connectivity index (χ1v) is 10.2. The van der Waals surface area contributed by atoms with E-state index in [9.17, 15) is 9.18 Å². The summed E-state index contributed by atoms with van der Waals surface area (Å²) in [7, 11) is 5.48. The Labute approximate surface area is 173 Å². The summed E-state index contributed by atoms with van der Waals surface area (Å²) in [6.45, 7) is 2.08. The summed E-state index contributed by atoms with van der Waals surface area (Å²) < 4.78 is 20.1. The molecule has 0 amide bonds. The zero-order valence-electron chi connectivity index (χ0n) is 16.8. The van der Waals surface area contributed by atoms with E-state index in [0.717, 1.165) is 22.2 Å². The molecule has 0 spiro atoms. The fraction of sp³-hybridized carbons (Fsp3) is 0.286. The van der Waals surface area contributed by atoms with E-state index >= 15 is 0 Å². The molecule has 1 heterocycles. The summed E-state index contributed by atoms with van der Waals surface area (Å²) >= 11 is 1.54. The van der Waals surface area contributed by atoms with Crippen LogP contribution in [0.15, 0.2) is 53.7 Å². The minimum Gasteiger partial charge on any atom is -0.465 e. The van der Waals surface area contributed by atoms with Crippen LogP contribution in [0.5, 0.6) is 0 Å². The molecule has 152 valence electrons. The predicted octanol–water partition coefficient (Wildman–Crippen LogP) is 2.69. The molecule has 1 atom stereocenters. The number of carbonyl (C=O) groups is 1. The van der Waals surface area contributed by atoms with Gasteiger partial charge in [-0.15, -0.1) is 10.2 Å². The van der Waals surface area contributed by atoms with Crippen molar-refractivity contribution in [3.05, 3.63) is 71.3 Å². The number of rotatable bonds is 7. The maximum absolute atomic E-state index is 13.4. The lowest BCUT2D eigenvalue weighted by Gasteiger charge is -2.18. The van der Waals surface area contributed by atoms with Crippen LogP contribution in [0, 0.1) is 5.82 Å². The van der Waals surface area contributed by atoms with Gasteiger partial charge in [0.2, 0.25) is 0 Å². The molecule has 0 aliphatic heterocycles. The second-order valence-electron chi connectivity index (χ2n) is 6.93. The normalized spacial score (nSPS) is 12.2. The Bertz CT molecular complexity index is 971. The second kappa shape index (κ2) is 9.19. The quantitative estimate of drug-likeness (QED) is 0.475. The van der Waals surface area contributed by atoms with E-state index in [1.165, 1.54) is 35.9 Å². The molecule has 0 saturated heterocycles. The smallest absolute Gasteiger partial charge is 0.337 e. The summed E-state index contributed by atoms with van der Waals surface area (Å²) in [5.41, 5.74) is 2.38. The molecular weight excluding hydrogens is 391 g/mol. The summed E-state index contributed by atoms with van der Waals surface area (Å²) in [5.74, 6) is 0.837. The fourth-order valence-electron chi connectivity index (χ4n) is 2.75. The van der Waals surface area contributed by atoms with Gasteiger partial charge in [0.15, 0.2) is 11.0 Å². The lowest BCUT2D eigenvalue weighted by Crippen LogP contribution is -3.05. The molecule has 8 heteroatoms. The van der Waals surface area contributed by atoms with Crippen LogP contribution in [0.2, 0.25) is 0 Å². The van der Waals surface area contributed by atoms with Crippen LogP contribution in [-0.4, -0.2) is 41.9 Å². The zero-order chi connectivity index (χ0) is 21.0. The topological polar surface area (TPSA) is 61.4 Å². The Morgan fingerprint density at radius 1 is 1.14 bits per heavy atom. The molecule has 0 fully saturated rings. The van der Waals surface area contributed by atoms with Crippen LogP contribution in [0.1, 0.15) is 34.7 Å². The van der Waals surface area contributed by atoms with E-state index in [4.69, 9.17) is 4.74 Å². The predicted molar refractivity (Wildman–Crippen MR) is 110 cm³/mol. The number of methoxy groups -OCH3 is 1. The van der Waals surface area contributed by atoms with Crippen molar-refractivity contribution in [2.24, 2.45) is 0 Å². The van der Waals surface area contributed by atoms with Crippen molar-refractivity contribution in [3.8, 4) is 5.69 Å². The number of hydrogen-bond acceptors (Lipinski definition) is 5. The number of aromatic nitrogens is 3. The summed E-state index contributed by atoms with van der Waals surface area (Å²) in [6.07, 6.45) is 0. The lowest BCUT2D eigenvalue weighted by molar-refractivity contribution is -0.890. The van der Waals surface area contributed by atoms with Crippen molar-refractivity contribution in [1.29, 1.82) is 0 Å². The van der Waals surface area contributed by atoms with E-state index in [0.29, 0.717) is 11.3 Å². The molecule has 0 bridgehead atoms. The maximum atomic E-state index is 13.4. The van der Waals surface area contributed by atoms with E-state index in [1.807, 2.05) is 16.7 Å². The standard InChI is InChI=1S/C21H23FN4O2S/c1-14(25(2)3)19-23-24-21(26(19)18-11-9-17(22)10-12-18)29-13-15-5-7-16(8-6-15)20(27)28-4/h5-12,14H,13H2,1-4H3/p+1/t14-/m0/s1. The Hall–Kier alpha value is -2.71. The Balaban J connectivity index is 1.87. The number of halogens is 1. The van der Waals surface area contributed by atoms with Gasteiger partial charge in [0.25, 0.3) is 0 Å². The molecule has 0 aliphatic carbocycles. The van der Waals surface area contributed by atoms with Gasteiger partial charge in [0.1, 0.15) is 11.9 Å². The number of nitrogens with one attached hydrogen (secondary N) is 1. The maximum Gasteiger partial charge on any atom is 0.337 e. The van der Waals surface area contributed by atoms with Crippen LogP contribution in [-0.2, 0) is 10.5 Å². The summed E-state index contributed by atoms with van der Waals surface area (Å²) in [6, 6.07) is 13.7. The number of hydrogen-bond donors (Lipinski definition) is 1. The van der Waals surface area contributed by atoms with Crippen LogP contribution in [0.3, 0.4) is 0 Å². The average molecular weight is 416 g/mol. The Kier molecular flexibility index (Phi) is 6.66. The first kappa shape index (κ1) is 21.0. The Morgan fingerprint density at radius 3 is 2.38 bits per heavy atom. The van der Waals surface area contributed by atoms with Crippen molar-refractivity contribution < 1.29 is 18.8 Å². The highest BCUT2D eigenvalue weighted by Crippen LogP contribution is 2.27. The van der Waals surface area contributed by atoms with Gasteiger partial charge in [-0.2, -0.15) is 0 Å². The molecular formula is C21H24FN4O2S+. The van der Waals surface area contributed by atoms with E-state index in [2.05, 4.69) is 31.2 Å². The molecule has 3 rings (SSSR count). The average Bonchev–Trinajstić information content (AvgIpc) is 3.15. The minimum absolute atomic E-state index is 0.112. The van der Waals surface area contributed by atoms with Gasteiger partial charge in [-0.1, -0.05) is 23.9 Å². The van der Waals surface area contributed by atoms with Crippen LogP contribution in [0.25, 0.3) is 5.69 Å². The van der Waals surface area contributed by atoms with E-state index < -0.39 is 0 Å².